The number of thioether (sulfide) groups is 1. The highest BCUT2D eigenvalue weighted by Gasteiger charge is 2.16. The number of hydrogen-bond donors (Lipinski definition) is 1. The first kappa shape index (κ1) is 16.9. The summed E-state index contributed by atoms with van der Waals surface area (Å²) in [6.45, 7) is 5.98. The number of rotatable bonds is 8. The Bertz CT molecular complexity index is 562. The number of benzene rings is 2. The van der Waals surface area contributed by atoms with Gasteiger partial charge in [-0.05, 0) is 37.5 Å². The minimum absolute atomic E-state index is 0.120. The van der Waals surface area contributed by atoms with Crippen LogP contribution in [0.25, 0.3) is 0 Å². The third kappa shape index (κ3) is 5.36. The van der Waals surface area contributed by atoms with Crippen LogP contribution in [0.3, 0.4) is 0 Å². The van der Waals surface area contributed by atoms with Gasteiger partial charge < -0.3 is 5.11 Å². The van der Waals surface area contributed by atoms with Crippen LogP contribution in [0, 0.1) is 12.8 Å². The van der Waals surface area contributed by atoms with Gasteiger partial charge in [0.1, 0.15) is 0 Å². The summed E-state index contributed by atoms with van der Waals surface area (Å²) < 4.78 is 0. The maximum absolute atomic E-state index is 10.4. The number of aryl methyl sites for hydroxylation is 2. The van der Waals surface area contributed by atoms with E-state index in [4.69, 9.17) is 0 Å². The minimum atomic E-state index is -0.337. The van der Waals surface area contributed by atoms with Gasteiger partial charge in [-0.25, -0.2) is 0 Å². The Kier molecular flexibility index (Phi) is 6.75. The Morgan fingerprint density at radius 1 is 1.09 bits per heavy atom. The van der Waals surface area contributed by atoms with E-state index >= 15 is 0 Å². The zero-order valence-corrected chi connectivity index (χ0v) is 13.9. The van der Waals surface area contributed by atoms with Gasteiger partial charge in [0.15, 0.2) is 0 Å². The van der Waals surface area contributed by atoms with Crippen LogP contribution in [0.1, 0.15) is 17.5 Å². The number of aliphatic hydroxyl groups is 1. The Morgan fingerprint density at radius 3 is 2.41 bits per heavy atom. The molecule has 0 aliphatic carbocycles. The van der Waals surface area contributed by atoms with Crippen LogP contribution in [0.15, 0.2) is 72.1 Å². The molecule has 0 unspecified atom stereocenters. The molecule has 22 heavy (non-hydrogen) atoms. The van der Waals surface area contributed by atoms with Crippen molar-refractivity contribution < 1.29 is 5.11 Å². The van der Waals surface area contributed by atoms with Gasteiger partial charge in [0, 0.05) is 16.6 Å². The molecule has 116 valence electrons. The molecule has 0 aliphatic rings. The van der Waals surface area contributed by atoms with Gasteiger partial charge >= 0.3 is 0 Å². The van der Waals surface area contributed by atoms with Gasteiger partial charge in [0.2, 0.25) is 0 Å². The molecule has 0 aliphatic heterocycles. The molecule has 0 spiro atoms. The summed E-state index contributed by atoms with van der Waals surface area (Å²) in [6.07, 6.45) is 3.23. The molecule has 1 N–H and O–H groups in total. The van der Waals surface area contributed by atoms with E-state index in [-0.39, 0.29) is 12.0 Å². The van der Waals surface area contributed by atoms with E-state index in [1.54, 1.807) is 11.8 Å². The second-order valence-electron chi connectivity index (χ2n) is 5.62. The summed E-state index contributed by atoms with van der Waals surface area (Å²) >= 11 is 1.78. The molecule has 0 aromatic heterocycles. The third-order valence-electron chi connectivity index (χ3n) is 3.83. The van der Waals surface area contributed by atoms with Gasteiger partial charge in [0.25, 0.3) is 0 Å². The molecule has 0 radical (unpaired) electrons. The van der Waals surface area contributed by atoms with Crippen molar-refractivity contribution in [1.82, 2.24) is 0 Å². The van der Waals surface area contributed by atoms with E-state index in [2.05, 4.69) is 49.9 Å². The lowest BCUT2D eigenvalue weighted by Crippen LogP contribution is -2.21. The Balaban J connectivity index is 1.82. The Hall–Kier alpha value is -1.51. The second kappa shape index (κ2) is 8.82. The molecule has 2 heteroatoms. The smallest absolute Gasteiger partial charge is 0.0613 e. The lowest BCUT2D eigenvalue weighted by Gasteiger charge is -2.19. The summed E-state index contributed by atoms with van der Waals surface area (Å²) in [6, 6.07) is 18.8. The van der Waals surface area contributed by atoms with Gasteiger partial charge in [-0.3, -0.25) is 0 Å². The standard InChI is InChI=1S/C20H24OS/c1-3-18(15-22-19-12-9-16(2)10-13-19)20(21)14-11-17-7-5-4-6-8-17/h3-10,12-13,18,20-21H,1,11,14-15H2,2H3/t18-,20-/m0/s1. The van der Waals surface area contributed by atoms with Crippen LogP contribution in [0.4, 0.5) is 0 Å². The van der Waals surface area contributed by atoms with Crippen molar-refractivity contribution in [2.45, 2.75) is 30.8 Å². The second-order valence-corrected chi connectivity index (χ2v) is 6.71. The fourth-order valence-electron chi connectivity index (χ4n) is 2.34. The largest absolute Gasteiger partial charge is 0.392 e. The molecule has 2 aromatic carbocycles. The van der Waals surface area contributed by atoms with Crippen LogP contribution in [0.2, 0.25) is 0 Å². The number of aliphatic hydroxyl groups excluding tert-OH is 1. The molecule has 0 heterocycles. The summed E-state index contributed by atoms with van der Waals surface area (Å²) in [7, 11) is 0. The zero-order chi connectivity index (χ0) is 15.8. The SMILES string of the molecule is C=C[C@@H](CSc1ccc(C)cc1)[C@@H](O)CCc1ccccc1. The fourth-order valence-corrected chi connectivity index (χ4v) is 3.41. The molecular formula is C20H24OS. The van der Waals surface area contributed by atoms with E-state index in [1.807, 2.05) is 24.3 Å². The highest BCUT2D eigenvalue weighted by atomic mass is 32.2. The fraction of sp³-hybridized carbons (Fsp3) is 0.300. The molecule has 1 nitrogen and oxygen atoms in total. The monoisotopic (exact) mass is 312 g/mol. The summed E-state index contributed by atoms with van der Waals surface area (Å²) in [5.41, 5.74) is 2.54. The van der Waals surface area contributed by atoms with Crippen LogP contribution in [-0.4, -0.2) is 17.0 Å². The molecule has 0 bridgehead atoms. The average Bonchev–Trinajstić information content (AvgIpc) is 2.56. The van der Waals surface area contributed by atoms with Crippen molar-refractivity contribution in [3.8, 4) is 0 Å². The quantitative estimate of drug-likeness (QED) is 0.553. The third-order valence-corrected chi connectivity index (χ3v) is 4.99. The van der Waals surface area contributed by atoms with Crippen LogP contribution in [-0.2, 0) is 6.42 Å². The van der Waals surface area contributed by atoms with E-state index in [9.17, 15) is 5.11 Å². The van der Waals surface area contributed by atoms with E-state index < -0.39 is 0 Å². The molecule has 0 amide bonds. The summed E-state index contributed by atoms with van der Waals surface area (Å²) in [5, 5.41) is 10.4. The van der Waals surface area contributed by atoms with Crippen LogP contribution in [0.5, 0.6) is 0 Å². The van der Waals surface area contributed by atoms with Crippen LogP contribution >= 0.6 is 11.8 Å². The first-order valence-electron chi connectivity index (χ1n) is 7.73. The van der Waals surface area contributed by atoms with Crippen LogP contribution < -0.4 is 0 Å². The lowest BCUT2D eigenvalue weighted by atomic mass is 9.98. The maximum atomic E-state index is 10.4. The van der Waals surface area contributed by atoms with Gasteiger partial charge in [-0.2, -0.15) is 0 Å². The molecular weight excluding hydrogens is 288 g/mol. The zero-order valence-electron chi connectivity index (χ0n) is 13.1. The van der Waals surface area contributed by atoms with E-state index in [0.717, 1.165) is 18.6 Å². The molecule has 0 fully saturated rings. The Morgan fingerprint density at radius 2 is 1.77 bits per heavy atom. The molecule has 0 saturated carbocycles. The average molecular weight is 312 g/mol. The highest BCUT2D eigenvalue weighted by Crippen LogP contribution is 2.24. The maximum Gasteiger partial charge on any atom is 0.0613 e. The summed E-state index contributed by atoms with van der Waals surface area (Å²) in [4.78, 5) is 1.24. The molecule has 0 saturated heterocycles. The lowest BCUT2D eigenvalue weighted by molar-refractivity contribution is 0.130. The molecule has 2 aromatic rings. The number of hydrogen-bond acceptors (Lipinski definition) is 2. The highest BCUT2D eigenvalue weighted by molar-refractivity contribution is 7.99. The Labute approximate surface area is 138 Å². The van der Waals surface area contributed by atoms with Crippen molar-refractivity contribution in [3.63, 3.8) is 0 Å². The van der Waals surface area contributed by atoms with E-state index in [1.165, 1.54) is 16.0 Å². The first-order chi connectivity index (χ1) is 10.7. The van der Waals surface area contributed by atoms with Crippen molar-refractivity contribution in [1.29, 1.82) is 0 Å². The molecule has 2 atom stereocenters. The van der Waals surface area contributed by atoms with E-state index in [0.29, 0.717) is 0 Å². The van der Waals surface area contributed by atoms with Gasteiger partial charge in [0.05, 0.1) is 6.10 Å². The van der Waals surface area contributed by atoms with Gasteiger partial charge in [-0.15, -0.1) is 18.3 Å². The summed E-state index contributed by atoms with van der Waals surface area (Å²) in [5.74, 6) is 0.984. The normalized spacial score (nSPS) is 13.5. The van der Waals surface area contributed by atoms with Crippen molar-refractivity contribution in [2.24, 2.45) is 5.92 Å². The van der Waals surface area contributed by atoms with Gasteiger partial charge in [-0.1, -0.05) is 54.1 Å². The molecule has 2 rings (SSSR count). The van der Waals surface area contributed by atoms with Crippen molar-refractivity contribution in [2.75, 3.05) is 5.75 Å². The van der Waals surface area contributed by atoms with Crippen molar-refractivity contribution >= 4 is 11.8 Å². The predicted molar refractivity (Wildman–Crippen MR) is 96.4 cm³/mol. The first-order valence-corrected chi connectivity index (χ1v) is 8.71. The topological polar surface area (TPSA) is 20.2 Å². The minimum Gasteiger partial charge on any atom is -0.392 e. The predicted octanol–water partition coefficient (Wildman–Crippen LogP) is 4.88. The van der Waals surface area contributed by atoms with Crippen molar-refractivity contribution in [3.05, 3.63) is 78.4 Å².